The molecule has 0 fully saturated rings. The van der Waals surface area contributed by atoms with Crippen molar-refractivity contribution in [2.45, 2.75) is 44.7 Å². The van der Waals surface area contributed by atoms with Gasteiger partial charge in [0, 0.05) is 18.4 Å². The maximum atomic E-state index is 9.62. The molecule has 1 aliphatic carbocycles. The molecule has 0 saturated heterocycles. The van der Waals surface area contributed by atoms with Gasteiger partial charge in [-0.3, -0.25) is 0 Å². The summed E-state index contributed by atoms with van der Waals surface area (Å²) in [5, 5.41) is 13.3. The Bertz CT molecular complexity index is 565. The third kappa shape index (κ3) is 2.56. The molecule has 4 nitrogen and oxygen atoms in total. The van der Waals surface area contributed by atoms with E-state index in [-0.39, 0.29) is 6.04 Å². The van der Waals surface area contributed by atoms with Crippen molar-refractivity contribution in [2.75, 3.05) is 0 Å². The van der Waals surface area contributed by atoms with Crippen LogP contribution in [0, 0.1) is 0 Å². The van der Waals surface area contributed by atoms with E-state index in [1.165, 1.54) is 11.1 Å². The summed E-state index contributed by atoms with van der Waals surface area (Å²) >= 11 is 0. The van der Waals surface area contributed by atoms with Crippen molar-refractivity contribution in [1.29, 1.82) is 0 Å². The first-order chi connectivity index (χ1) is 9.78. The van der Waals surface area contributed by atoms with Gasteiger partial charge in [-0.2, -0.15) is 0 Å². The van der Waals surface area contributed by atoms with Crippen LogP contribution in [0.4, 0.5) is 0 Å². The van der Waals surface area contributed by atoms with Crippen LogP contribution in [0.3, 0.4) is 0 Å². The molecule has 0 bridgehead atoms. The van der Waals surface area contributed by atoms with Gasteiger partial charge < -0.3 is 15.4 Å². The van der Waals surface area contributed by atoms with E-state index in [1.54, 1.807) is 12.3 Å². The van der Waals surface area contributed by atoms with E-state index in [2.05, 4.69) is 28.3 Å². The van der Waals surface area contributed by atoms with Gasteiger partial charge in [-0.15, -0.1) is 0 Å². The Balaban J connectivity index is 1.82. The molecule has 106 valence electrons. The molecule has 2 atom stereocenters. The lowest BCUT2D eigenvalue weighted by molar-refractivity contribution is 0.383. The van der Waals surface area contributed by atoms with Crippen molar-refractivity contribution in [1.82, 2.24) is 15.3 Å². The highest BCUT2D eigenvalue weighted by molar-refractivity contribution is 5.38. The standard InChI is InChI=1S/C16H21N3O/c1-2-14(16-17-8-9-18-16)19-15-5-3-4-11-10-12(20)6-7-13(11)15/h6-10,14-15,19-20H,2-5H2,1H3,(H,17,18). The van der Waals surface area contributed by atoms with Gasteiger partial charge >= 0.3 is 0 Å². The zero-order valence-corrected chi connectivity index (χ0v) is 11.8. The fourth-order valence-electron chi connectivity index (χ4n) is 3.07. The lowest BCUT2D eigenvalue weighted by atomic mass is 9.87. The molecule has 1 aromatic heterocycles. The van der Waals surface area contributed by atoms with Crippen LogP contribution in [0.2, 0.25) is 0 Å². The molecule has 0 radical (unpaired) electrons. The summed E-state index contributed by atoms with van der Waals surface area (Å²) in [5.74, 6) is 1.36. The highest BCUT2D eigenvalue weighted by atomic mass is 16.3. The Morgan fingerprint density at radius 1 is 1.50 bits per heavy atom. The van der Waals surface area contributed by atoms with Crippen LogP contribution in [0.25, 0.3) is 0 Å². The van der Waals surface area contributed by atoms with Gasteiger partial charge in [-0.05, 0) is 48.9 Å². The van der Waals surface area contributed by atoms with E-state index in [0.717, 1.165) is 31.5 Å². The maximum Gasteiger partial charge on any atom is 0.123 e. The van der Waals surface area contributed by atoms with E-state index in [4.69, 9.17) is 0 Å². The van der Waals surface area contributed by atoms with Gasteiger partial charge in [0.15, 0.2) is 0 Å². The third-order valence-electron chi connectivity index (χ3n) is 4.10. The first-order valence-electron chi connectivity index (χ1n) is 7.35. The van der Waals surface area contributed by atoms with Crippen LogP contribution in [0.1, 0.15) is 55.2 Å². The second-order valence-electron chi connectivity index (χ2n) is 5.43. The highest BCUT2D eigenvalue weighted by Gasteiger charge is 2.23. The number of aromatic amines is 1. The summed E-state index contributed by atoms with van der Waals surface area (Å²) in [6.07, 6.45) is 8.01. The average Bonchev–Trinajstić information content (AvgIpc) is 2.98. The topological polar surface area (TPSA) is 60.9 Å². The van der Waals surface area contributed by atoms with E-state index < -0.39 is 0 Å². The summed E-state index contributed by atoms with van der Waals surface area (Å²) in [4.78, 5) is 7.56. The van der Waals surface area contributed by atoms with E-state index in [1.807, 2.05) is 12.3 Å². The Kier molecular flexibility index (Phi) is 3.74. The van der Waals surface area contributed by atoms with Gasteiger partial charge in [0.05, 0.1) is 6.04 Å². The van der Waals surface area contributed by atoms with Crippen LogP contribution in [0.5, 0.6) is 5.75 Å². The predicted molar refractivity (Wildman–Crippen MR) is 78.5 cm³/mol. The fourth-order valence-corrected chi connectivity index (χ4v) is 3.07. The number of imidazole rings is 1. The minimum Gasteiger partial charge on any atom is -0.508 e. The van der Waals surface area contributed by atoms with Crippen LogP contribution in [-0.4, -0.2) is 15.1 Å². The molecule has 0 aliphatic heterocycles. The quantitative estimate of drug-likeness (QED) is 0.800. The van der Waals surface area contributed by atoms with E-state index >= 15 is 0 Å². The molecule has 1 heterocycles. The number of fused-ring (bicyclic) bond motifs is 1. The lowest BCUT2D eigenvalue weighted by Gasteiger charge is -2.29. The number of nitrogens with one attached hydrogen (secondary N) is 2. The Morgan fingerprint density at radius 2 is 2.40 bits per heavy atom. The molecule has 20 heavy (non-hydrogen) atoms. The number of aromatic hydroxyl groups is 1. The van der Waals surface area contributed by atoms with Crippen LogP contribution in [0.15, 0.2) is 30.6 Å². The number of hydrogen-bond donors (Lipinski definition) is 3. The van der Waals surface area contributed by atoms with Crippen molar-refractivity contribution >= 4 is 0 Å². The van der Waals surface area contributed by atoms with Crippen LogP contribution >= 0.6 is 0 Å². The summed E-state index contributed by atoms with van der Waals surface area (Å²) in [5.41, 5.74) is 2.59. The summed E-state index contributed by atoms with van der Waals surface area (Å²) < 4.78 is 0. The number of rotatable bonds is 4. The van der Waals surface area contributed by atoms with Crippen molar-refractivity contribution in [3.8, 4) is 5.75 Å². The van der Waals surface area contributed by atoms with Crippen LogP contribution in [-0.2, 0) is 6.42 Å². The number of benzene rings is 1. The Hall–Kier alpha value is -1.81. The molecular weight excluding hydrogens is 250 g/mol. The number of phenols is 1. The van der Waals surface area contributed by atoms with Gasteiger partial charge in [-0.25, -0.2) is 4.98 Å². The summed E-state index contributed by atoms with van der Waals surface area (Å²) in [6.45, 7) is 2.17. The molecule has 1 aromatic carbocycles. The molecule has 3 N–H and O–H groups in total. The minimum atomic E-state index is 0.245. The number of aryl methyl sites for hydroxylation is 1. The second-order valence-corrected chi connectivity index (χ2v) is 5.43. The zero-order valence-electron chi connectivity index (χ0n) is 11.8. The molecule has 2 unspecified atom stereocenters. The summed E-state index contributed by atoms with van der Waals surface area (Å²) in [7, 11) is 0. The molecule has 0 spiro atoms. The monoisotopic (exact) mass is 271 g/mol. The number of phenolic OH excluding ortho intramolecular Hbond substituents is 1. The van der Waals surface area contributed by atoms with E-state index in [9.17, 15) is 5.11 Å². The van der Waals surface area contributed by atoms with Crippen molar-refractivity contribution < 1.29 is 5.11 Å². The summed E-state index contributed by atoms with van der Waals surface area (Å²) in [6, 6.07) is 6.32. The molecule has 4 heteroatoms. The molecule has 2 aromatic rings. The number of nitrogens with zero attached hydrogens (tertiary/aromatic N) is 1. The predicted octanol–water partition coefficient (Wildman–Crippen LogP) is 3.23. The Morgan fingerprint density at radius 3 is 3.15 bits per heavy atom. The molecule has 0 saturated carbocycles. The number of H-pyrrole nitrogens is 1. The smallest absolute Gasteiger partial charge is 0.123 e. The fraction of sp³-hybridized carbons (Fsp3) is 0.438. The highest BCUT2D eigenvalue weighted by Crippen LogP contribution is 2.33. The van der Waals surface area contributed by atoms with Gasteiger partial charge in [-0.1, -0.05) is 13.0 Å². The Labute approximate surface area is 119 Å². The SMILES string of the molecule is CCC(NC1CCCc2cc(O)ccc21)c1ncc[nH]1. The van der Waals surface area contributed by atoms with Crippen LogP contribution < -0.4 is 5.32 Å². The lowest BCUT2D eigenvalue weighted by Crippen LogP contribution is -2.29. The van der Waals surface area contributed by atoms with Gasteiger partial charge in [0.25, 0.3) is 0 Å². The first-order valence-corrected chi connectivity index (χ1v) is 7.35. The maximum absolute atomic E-state index is 9.62. The molecule has 1 aliphatic rings. The largest absolute Gasteiger partial charge is 0.508 e. The van der Waals surface area contributed by atoms with Crippen molar-refractivity contribution in [2.24, 2.45) is 0 Å². The molecule has 0 amide bonds. The molecule has 3 rings (SSSR count). The minimum absolute atomic E-state index is 0.245. The first kappa shape index (κ1) is 13.2. The van der Waals surface area contributed by atoms with Gasteiger partial charge in [0.2, 0.25) is 0 Å². The van der Waals surface area contributed by atoms with Crippen molar-refractivity contribution in [3.05, 3.63) is 47.5 Å². The third-order valence-corrected chi connectivity index (χ3v) is 4.10. The van der Waals surface area contributed by atoms with Crippen molar-refractivity contribution in [3.63, 3.8) is 0 Å². The zero-order chi connectivity index (χ0) is 13.9. The second kappa shape index (κ2) is 5.67. The molecular formula is C16H21N3O. The van der Waals surface area contributed by atoms with E-state index in [0.29, 0.717) is 11.8 Å². The number of aromatic nitrogens is 2. The number of hydrogen-bond acceptors (Lipinski definition) is 3. The van der Waals surface area contributed by atoms with Gasteiger partial charge in [0.1, 0.15) is 11.6 Å². The normalized spacial score (nSPS) is 19.6. The average molecular weight is 271 g/mol.